The highest BCUT2D eigenvalue weighted by Crippen LogP contribution is 2.25. The van der Waals surface area contributed by atoms with Crippen LogP contribution in [-0.2, 0) is 0 Å². The molecule has 7 nitrogen and oxygen atoms in total. The molecule has 20 heavy (non-hydrogen) atoms. The molecule has 2 aromatic rings. The lowest BCUT2D eigenvalue weighted by molar-refractivity contribution is 0.0696. The van der Waals surface area contributed by atoms with E-state index in [2.05, 4.69) is 10.3 Å². The van der Waals surface area contributed by atoms with Crippen molar-refractivity contribution in [1.29, 1.82) is 0 Å². The van der Waals surface area contributed by atoms with Gasteiger partial charge in [-0.3, -0.25) is 4.79 Å². The molecule has 0 bridgehead atoms. The molecule has 4 N–H and O–H groups in total. The molecule has 7 heteroatoms. The summed E-state index contributed by atoms with van der Waals surface area (Å²) in [6, 6.07) is 6.25. The first-order chi connectivity index (χ1) is 9.49. The van der Waals surface area contributed by atoms with E-state index in [0.29, 0.717) is 0 Å². The van der Waals surface area contributed by atoms with Crippen LogP contribution in [0.2, 0.25) is 0 Å². The van der Waals surface area contributed by atoms with Gasteiger partial charge in [0, 0.05) is 6.20 Å². The summed E-state index contributed by atoms with van der Waals surface area (Å²) in [5.41, 5.74) is -0.291. The van der Waals surface area contributed by atoms with E-state index in [1.807, 2.05) is 0 Å². The minimum Gasteiger partial charge on any atom is -0.506 e. The summed E-state index contributed by atoms with van der Waals surface area (Å²) in [5, 5.41) is 30.2. The fourth-order valence-electron chi connectivity index (χ4n) is 1.52. The van der Waals surface area contributed by atoms with Crippen LogP contribution >= 0.6 is 0 Å². The predicted octanol–water partition coefficient (Wildman–Crippen LogP) is 1.44. The number of carboxylic acid groups (broad SMARTS) is 1. The molecule has 2 rings (SSSR count). The quantitative estimate of drug-likeness (QED) is 0.629. The molecule has 0 atom stereocenters. The van der Waals surface area contributed by atoms with Crippen molar-refractivity contribution in [2.75, 3.05) is 5.32 Å². The highest BCUT2D eigenvalue weighted by atomic mass is 16.4. The second kappa shape index (κ2) is 5.27. The first-order valence-corrected chi connectivity index (χ1v) is 5.50. The fourth-order valence-corrected chi connectivity index (χ4v) is 1.52. The average molecular weight is 274 g/mol. The number of phenols is 1. The number of aromatic hydroxyl groups is 2. The molecule has 0 aliphatic rings. The molecule has 1 heterocycles. The number of carboxylic acids is 1. The lowest BCUT2D eigenvalue weighted by atomic mass is 10.2. The fraction of sp³-hybridized carbons (Fsp3) is 0. The summed E-state index contributed by atoms with van der Waals surface area (Å²) in [6.07, 6.45) is 1.34. The van der Waals surface area contributed by atoms with Crippen LogP contribution in [-0.4, -0.2) is 32.2 Å². The average Bonchev–Trinajstić information content (AvgIpc) is 2.41. The van der Waals surface area contributed by atoms with Gasteiger partial charge < -0.3 is 20.6 Å². The number of nitrogens with zero attached hydrogens (tertiary/aromatic N) is 1. The molecular formula is C13H10N2O5. The SMILES string of the molecule is O=C(O)c1ccc(NC(=O)c2ncccc2O)c(O)c1. The molecule has 0 aliphatic heterocycles. The van der Waals surface area contributed by atoms with Gasteiger partial charge in [-0.15, -0.1) is 0 Å². The van der Waals surface area contributed by atoms with Crippen LogP contribution in [0, 0.1) is 0 Å². The third-order valence-electron chi connectivity index (χ3n) is 2.49. The third-order valence-corrected chi connectivity index (χ3v) is 2.49. The standard InChI is InChI=1S/C13H10N2O5/c16-9-2-1-5-14-11(9)12(18)15-8-4-3-7(13(19)20)6-10(8)17/h1-6,16-17H,(H,15,18)(H,19,20). The van der Waals surface area contributed by atoms with Crippen LogP contribution in [0.1, 0.15) is 20.8 Å². The summed E-state index contributed by atoms with van der Waals surface area (Å²) in [4.78, 5) is 26.3. The largest absolute Gasteiger partial charge is 0.506 e. The van der Waals surface area contributed by atoms with Crippen molar-refractivity contribution in [1.82, 2.24) is 4.98 Å². The zero-order valence-corrected chi connectivity index (χ0v) is 10.1. The molecule has 0 spiro atoms. The Hall–Kier alpha value is -3.09. The van der Waals surface area contributed by atoms with Crippen molar-refractivity contribution in [3.8, 4) is 11.5 Å². The Morgan fingerprint density at radius 3 is 2.45 bits per heavy atom. The van der Waals surface area contributed by atoms with Gasteiger partial charge in [0.25, 0.3) is 5.91 Å². The first kappa shape index (κ1) is 13.3. The number of amides is 1. The normalized spacial score (nSPS) is 10.0. The second-order valence-electron chi connectivity index (χ2n) is 3.86. The first-order valence-electron chi connectivity index (χ1n) is 5.50. The minimum atomic E-state index is -1.19. The Labute approximate surface area is 113 Å². The monoisotopic (exact) mass is 274 g/mol. The van der Waals surface area contributed by atoms with Crippen molar-refractivity contribution in [2.45, 2.75) is 0 Å². The van der Waals surface area contributed by atoms with Gasteiger partial charge in [-0.05, 0) is 30.3 Å². The molecule has 0 unspecified atom stereocenters. The highest BCUT2D eigenvalue weighted by Gasteiger charge is 2.15. The van der Waals surface area contributed by atoms with E-state index in [0.717, 1.165) is 6.07 Å². The van der Waals surface area contributed by atoms with Gasteiger partial charge in [0.05, 0.1) is 11.3 Å². The van der Waals surface area contributed by atoms with Crippen LogP contribution < -0.4 is 5.32 Å². The summed E-state index contributed by atoms with van der Waals surface area (Å²) in [5.74, 6) is -2.61. The second-order valence-corrected chi connectivity index (χ2v) is 3.86. The molecule has 1 aromatic heterocycles. The van der Waals surface area contributed by atoms with Crippen LogP contribution in [0.15, 0.2) is 36.5 Å². The minimum absolute atomic E-state index is 0.0186. The number of carbonyl (C=O) groups excluding carboxylic acids is 1. The summed E-state index contributed by atoms with van der Waals surface area (Å²) >= 11 is 0. The number of phenolic OH excluding ortho intramolecular Hbond substituents is 1. The topological polar surface area (TPSA) is 120 Å². The molecular weight excluding hydrogens is 264 g/mol. The smallest absolute Gasteiger partial charge is 0.335 e. The molecule has 0 saturated carbocycles. The number of aromatic carboxylic acids is 1. The number of anilines is 1. The number of pyridine rings is 1. The van der Waals surface area contributed by atoms with Crippen molar-refractivity contribution in [3.05, 3.63) is 47.8 Å². The Bertz CT molecular complexity index is 684. The lowest BCUT2D eigenvalue weighted by Gasteiger charge is -2.08. The van der Waals surface area contributed by atoms with Gasteiger partial charge in [0.1, 0.15) is 11.5 Å². The Morgan fingerprint density at radius 1 is 1.10 bits per heavy atom. The van der Waals surface area contributed by atoms with E-state index in [9.17, 15) is 19.8 Å². The molecule has 0 fully saturated rings. The number of rotatable bonds is 3. The summed E-state index contributed by atoms with van der Waals surface area (Å²) in [6.45, 7) is 0. The molecule has 0 saturated heterocycles. The Balaban J connectivity index is 2.25. The molecule has 102 valence electrons. The van der Waals surface area contributed by atoms with E-state index >= 15 is 0 Å². The molecule has 1 aromatic carbocycles. The number of hydrogen-bond acceptors (Lipinski definition) is 5. The number of nitrogens with one attached hydrogen (secondary N) is 1. The molecule has 1 amide bonds. The van der Waals surface area contributed by atoms with Gasteiger partial charge in [-0.1, -0.05) is 0 Å². The van der Waals surface area contributed by atoms with Gasteiger partial charge in [0.2, 0.25) is 0 Å². The maximum atomic E-state index is 11.8. The van der Waals surface area contributed by atoms with E-state index in [1.165, 1.54) is 30.5 Å². The van der Waals surface area contributed by atoms with Crippen LogP contribution in [0.3, 0.4) is 0 Å². The Morgan fingerprint density at radius 2 is 1.85 bits per heavy atom. The number of benzene rings is 1. The lowest BCUT2D eigenvalue weighted by Crippen LogP contribution is -2.14. The van der Waals surface area contributed by atoms with Gasteiger partial charge >= 0.3 is 5.97 Å². The van der Waals surface area contributed by atoms with E-state index in [4.69, 9.17) is 5.11 Å². The van der Waals surface area contributed by atoms with Crippen LogP contribution in [0.5, 0.6) is 11.5 Å². The zero-order valence-electron chi connectivity index (χ0n) is 10.1. The maximum absolute atomic E-state index is 11.8. The third kappa shape index (κ3) is 2.66. The van der Waals surface area contributed by atoms with Crippen molar-refractivity contribution in [3.63, 3.8) is 0 Å². The summed E-state index contributed by atoms with van der Waals surface area (Å²) in [7, 11) is 0. The molecule has 0 aliphatic carbocycles. The van der Waals surface area contributed by atoms with Crippen molar-refractivity contribution in [2.24, 2.45) is 0 Å². The number of hydrogen-bond donors (Lipinski definition) is 4. The van der Waals surface area contributed by atoms with Crippen LogP contribution in [0.25, 0.3) is 0 Å². The summed E-state index contributed by atoms with van der Waals surface area (Å²) < 4.78 is 0. The number of carbonyl (C=O) groups is 2. The van der Waals surface area contributed by atoms with Crippen molar-refractivity contribution < 1.29 is 24.9 Å². The molecule has 0 radical (unpaired) electrons. The van der Waals surface area contributed by atoms with E-state index < -0.39 is 17.6 Å². The van der Waals surface area contributed by atoms with E-state index in [1.54, 1.807) is 0 Å². The maximum Gasteiger partial charge on any atom is 0.335 e. The van der Waals surface area contributed by atoms with E-state index in [-0.39, 0.29) is 22.7 Å². The Kier molecular flexibility index (Phi) is 3.52. The van der Waals surface area contributed by atoms with Gasteiger partial charge in [0.15, 0.2) is 5.69 Å². The zero-order chi connectivity index (χ0) is 14.7. The highest BCUT2D eigenvalue weighted by molar-refractivity contribution is 6.05. The van der Waals surface area contributed by atoms with Gasteiger partial charge in [-0.2, -0.15) is 0 Å². The number of aromatic nitrogens is 1. The van der Waals surface area contributed by atoms with Gasteiger partial charge in [-0.25, -0.2) is 9.78 Å². The van der Waals surface area contributed by atoms with Crippen LogP contribution in [0.4, 0.5) is 5.69 Å². The van der Waals surface area contributed by atoms with Crippen molar-refractivity contribution >= 4 is 17.6 Å². The predicted molar refractivity (Wildman–Crippen MR) is 68.9 cm³/mol.